The summed E-state index contributed by atoms with van der Waals surface area (Å²) in [5, 5.41) is 3.92. The monoisotopic (exact) mass is 294 g/mol. The minimum absolute atomic E-state index is 0.223. The van der Waals surface area contributed by atoms with Crippen LogP contribution in [0.2, 0.25) is 0 Å². The fourth-order valence-corrected chi connectivity index (χ4v) is 4.77. The zero-order valence-corrected chi connectivity index (χ0v) is 13.6. The van der Waals surface area contributed by atoms with Crippen LogP contribution in [0.4, 0.5) is 0 Å². The van der Waals surface area contributed by atoms with Gasteiger partial charge in [-0.1, -0.05) is 12.8 Å². The van der Waals surface area contributed by atoms with Gasteiger partial charge in [-0.3, -0.25) is 4.79 Å². The lowest BCUT2D eigenvalue weighted by atomic mass is 9.60. The van der Waals surface area contributed by atoms with Crippen molar-refractivity contribution in [3.63, 3.8) is 0 Å². The molecule has 120 valence electrons. The van der Waals surface area contributed by atoms with Crippen molar-refractivity contribution in [1.29, 1.82) is 0 Å². The molecule has 3 fully saturated rings. The van der Waals surface area contributed by atoms with E-state index in [0.717, 1.165) is 32.5 Å². The van der Waals surface area contributed by atoms with Gasteiger partial charge in [-0.05, 0) is 39.0 Å². The van der Waals surface area contributed by atoms with Gasteiger partial charge in [-0.15, -0.1) is 0 Å². The Bertz CT molecular complexity index is 371. The summed E-state index contributed by atoms with van der Waals surface area (Å²) in [6, 6.07) is 1.23. The number of nitrogens with zero attached hydrogens (tertiary/aromatic N) is 1. The third-order valence-corrected chi connectivity index (χ3v) is 6.06. The number of ether oxygens (including phenoxy) is 1. The first-order valence-electron chi connectivity index (χ1n) is 8.79. The maximum absolute atomic E-state index is 11.4. The van der Waals surface area contributed by atoms with Crippen LogP contribution in [0.5, 0.6) is 0 Å². The molecule has 21 heavy (non-hydrogen) atoms. The molecule has 2 aliphatic carbocycles. The smallest absolute Gasteiger partial charge is 0.219 e. The van der Waals surface area contributed by atoms with Gasteiger partial charge in [0.25, 0.3) is 0 Å². The average molecular weight is 294 g/mol. The molecule has 0 radical (unpaired) electrons. The van der Waals surface area contributed by atoms with Crippen LogP contribution in [0.15, 0.2) is 0 Å². The Kier molecular flexibility index (Phi) is 4.55. The molecule has 0 aromatic heterocycles. The molecule has 3 rings (SSSR count). The first-order valence-corrected chi connectivity index (χ1v) is 8.79. The predicted octanol–water partition coefficient (Wildman–Crippen LogP) is 2.32. The quantitative estimate of drug-likeness (QED) is 0.865. The van der Waals surface area contributed by atoms with E-state index in [1.165, 1.54) is 32.1 Å². The van der Waals surface area contributed by atoms with Gasteiger partial charge in [0.05, 0.1) is 6.10 Å². The Morgan fingerprint density at radius 1 is 1.29 bits per heavy atom. The van der Waals surface area contributed by atoms with Gasteiger partial charge >= 0.3 is 0 Å². The van der Waals surface area contributed by atoms with Crippen molar-refractivity contribution in [2.75, 3.05) is 19.7 Å². The molecule has 0 aromatic rings. The van der Waals surface area contributed by atoms with Crippen LogP contribution in [0.1, 0.15) is 58.8 Å². The van der Waals surface area contributed by atoms with E-state index < -0.39 is 0 Å². The first kappa shape index (κ1) is 15.3. The Labute approximate surface area is 128 Å². The molecule has 1 heterocycles. The Morgan fingerprint density at radius 3 is 2.52 bits per heavy atom. The number of nitrogens with one attached hydrogen (secondary N) is 1. The number of carbonyl (C=O) groups excluding carboxylic acids is 1. The molecular formula is C17H30N2O2. The maximum Gasteiger partial charge on any atom is 0.219 e. The highest BCUT2D eigenvalue weighted by atomic mass is 16.5. The SMILES string of the molecule is CCOC1CC(NC2CCN(C(C)=O)CC2)C12CCCC2. The summed E-state index contributed by atoms with van der Waals surface area (Å²) in [7, 11) is 0. The molecule has 1 amide bonds. The third kappa shape index (κ3) is 2.85. The lowest BCUT2D eigenvalue weighted by Gasteiger charge is -2.55. The van der Waals surface area contributed by atoms with Crippen molar-refractivity contribution in [2.45, 2.75) is 77.0 Å². The molecule has 0 bridgehead atoms. The van der Waals surface area contributed by atoms with Crippen LogP contribution in [-0.4, -0.2) is 48.7 Å². The Hall–Kier alpha value is -0.610. The summed E-state index contributed by atoms with van der Waals surface area (Å²) in [6.45, 7) is 6.47. The third-order valence-electron chi connectivity index (χ3n) is 6.06. The molecule has 1 spiro atoms. The average Bonchev–Trinajstić information content (AvgIpc) is 2.99. The molecule has 4 heteroatoms. The van der Waals surface area contributed by atoms with Crippen molar-refractivity contribution >= 4 is 5.91 Å². The molecule has 2 atom stereocenters. The van der Waals surface area contributed by atoms with Crippen LogP contribution in [-0.2, 0) is 9.53 Å². The van der Waals surface area contributed by atoms with E-state index in [1.54, 1.807) is 6.92 Å². The van der Waals surface area contributed by atoms with Crippen molar-refractivity contribution in [1.82, 2.24) is 10.2 Å². The largest absolute Gasteiger partial charge is 0.378 e. The fraction of sp³-hybridized carbons (Fsp3) is 0.941. The summed E-state index contributed by atoms with van der Waals surface area (Å²) in [5.74, 6) is 0.223. The maximum atomic E-state index is 11.4. The number of carbonyl (C=O) groups is 1. The second-order valence-electron chi connectivity index (χ2n) is 7.12. The van der Waals surface area contributed by atoms with E-state index >= 15 is 0 Å². The molecule has 1 aliphatic heterocycles. The van der Waals surface area contributed by atoms with Gasteiger partial charge in [0.2, 0.25) is 5.91 Å². The van der Waals surface area contributed by atoms with Gasteiger partial charge in [-0.25, -0.2) is 0 Å². The highest BCUT2D eigenvalue weighted by Crippen LogP contribution is 2.55. The summed E-state index contributed by atoms with van der Waals surface area (Å²) in [5.41, 5.74) is 0.424. The van der Waals surface area contributed by atoms with Crippen molar-refractivity contribution < 1.29 is 9.53 Å². The lowest BCUT2D eigenvalue weighted by molar-refractivity contribution is -0.135. The van der Waals surface area contributed by atoms with Crippen molar-refractivity contribution in [3.05, 3.63) is 0 Å². The number of amides is 1. The van der Waals surface area contributed by atoms with Gasteiger partial charge in [0, 0.05) is 44.1 Å². The molecule has 2 unspecified atom stereocenters. The second-order valence-corrected chi connectivity index (χ2v) is 7.12. The number of hydrogen-bond donors (Lipinski definition) is 1. The number of likely N-dealkylation sites (tertiary alicyclic amines) is 1. The van der Waals surface area contributed by atoms with E-state index in [1.807, 2.05) is 4.90 Å². The molecule has 3 aliphatic rings. The van der Waals surface area contributed by atoms with E-state index in [9.17, 15) is 4.79 Å². The molecule has 4 nitrogen and oxygen atoms in total. The van der Waals surface area contributed by atoms with Crippen molar-refractivity contribution in [2.24, 2.45) is 5.41 Å². The highest BCUT2D eigenvalue weighted by molar-refractivity contribution is 5.73. The van der Waals surface area contributed by atoms with Crippen LogP contribution in [0.25, 0.3) is 0 Å². The summed E-state index contributed by atoms with van der Waals surface area (Å²) < 4.78 is 5.99. The van der Waals surface area contributed by atoms with E-state index in [2.05, 4.69) is 12.2 Å². The van der Waals surface area contributed by atoms with Crippen LogP contribution < -0.4 is 5.32 Å². The number of piperidine rings is 1. The zero-order chi connectivity index (χ0) is 14.9. The van der Waals surface area contributed by atoms with Crippen LogP contribution in [0, 0.1) is 5.41 Å². The van der Waals surface area contributed by atoms with Crippen LogP contribution >= 0.6 is 0 Å². The summed E-state index contributed by atoms with van der Waals surface area (Å²) >= 11 is 0. The van der Waals surface area contributed by atoms with Gasteiger partial charge < -0.3 is 15.0 Å². The molecular weight excluding hydrogens is 264 g/mol. The molecule has 2 saturated carbocycles. The Balaban J connectivity index is 1.53. The molecule has 0 aromatic carbocycles. The van der Waals surface area contributed by atoms with E-state index in [0.29, 0.717) is 23.6 Å². The molecule has 1 N–H and O–H groups in total. The standard InChI is InChI=1S/C17H30N2O2/c1-3-21-16-12-15(17(16)8-4-5-9-17)18-14-6-10-19(11-7-14)13(2)20/h14-16,18H,3-12H2,1-2H3. The zero-order valence-electron chi connectivity index (χ0n) is 13.6. The predicted molar refractivity (Wildman–Crippen MR) is 83.1 cm³/mol. The minimum atomic E-state index is 0.223. The summed E-state index contributed by atoms with van der Waals surface area (Å²) in [4.78, 5) is 13.4. The topological polar surface area (TPSA) is 41.6 Å². The van der Waals surface area contributed by atoms with Gasteiger partial charge in [0.1, 0.15) is 0 Å². The number of rotatable bonds is 4. The fourth-order valence-electron chi connectivity index (χ4n) is 4.77. The van der Waals surface area contributed by atoms with E-state index in [4.69, 9.17) is 4.74 Å². The van der Waals surface area contributed by atoms with Crippen molar-refractivity contribution in [3.8, 4) is 0 Å². The molecule has 1 saturated heterocycles. The van der Waals surface area contributed by atoms with Gasteiger partial charge in [0.15, 0.2) is 0 Å². The lowest BCUT2D eigenvalue weighted by Crippen LogP contribution is -2.65. The first-order chi connectivity index (χ1) is 10.2. The number of hydrogen-bond acceptors (Lipinski definition) is 3. The van der Waals surface area contributed by atoms with Gasteiger partial charge in [-0.2, -0.15) is 0 Å². The second kappa shape index (κ2) is 6.25. The van der Waals surface area contributed by atoms with Crippen LogP contribution in [0.3, 0.4) is 0 Å². The Morgan fingerprint density at radius 2 is 1.95 bits per heavy atom. The minimum Gasteiger partial charge on any atom is -0.378 e. The summed E-state index contributed by atoms with van der Waals surface area (Å²) in [6.07, 6.45) is 9.27. The van der Waals surface area contributed by atoms with E-state index in [-0.39, 0.29) is 5.91 Å². The highest BCUT2D eigenvalue weighted by Gasteiger charge is 2.56. The normalized spacial score (nSPS) is 32.4.